The number of aromatic nitrogens is 1. The van der Waals surface area contributed by atoms with E-state index in [1.54, 1.807) is 12.1 Å². The first-order valence-electron chi connectivity index (χ1n) is 6.60. The molecule has 2 saturated heterocycles. The van der Waals surface area contributed by atoms with Gasteiger partial charge in [-0.2, -0.15) is 0 Å². The third kappa shape index (κ3) is 1.45. The summed E-state index contributed by atoms with van der Waals surface area (Å²) in [5.74, 6) is 0.307. The number of benzene rings is 1. The number of oxazole rings is 1. The molecular formula is C14H15N3O2. The van der Waals surface area contributed by atoms with Crippen LogP contribution < -0.4 is 5.73 Å². The summed E-state index contributed by atoms with van der Waals surface area (Å²) in [7, 11) is 0. The second-order valence-electron chi connectivity index (χ2n) is 5.59. The van der Waals surface area contributed by atoms with Crippen LogP contribution in [0.25, 0.3) is 11.1 Å². The number of nitrogens with two attached hydrogens (primary N) is 1. The molecule has 1 amide bonds. The van der Waals surface area contributed by atoms with Gasteiger partial charge in [0.25, 0.3) is 5.91 Å². The topological polar surface area (TPSA) is 72.4 Å². The normalized spacial score (nSPS) is 29.2. The van der Waals surface area contributed by atoms with E-state index < -0.39 is 5.91 Å². The van der Waals surface area contributed by atoms with Crippen molar-refractivity contribution in [1.82, 2.24) is 9.88 Å². The zero-order chi connectivity index (χ0) is 13.0. The predicted molar refractivity (Wildman–Crippen MR) is 69.9 cm³/mol. The second-order valence-corrected chi connectivity index (χ2v) is 5.59. The Labute approximate surface area is 110 Å². The molecule has 1 aromatic carbocycles. The molecule has 1 aromatic heterocycles. The highest BCUT2D eigenvalue weighted by atomic mass is 16.4. The first-order valence-corrected chi connectivity index (χ1v) is 6.60. The molecular weight excluding hydrogens is 242 g/mol. The molecule has 5 nitrogen and oxygen atoms in total. The van der Waals surface area contributed by atoms with Gasteiger partial charge in [-0.25, -0.2) is 4.98 Å². The van der Waals surface area contributed by atoms with Crippen LogP contribution in [0.5, 0.6) is 0 Å². The van der Waals surface area contributed by atoms with Crippen LogP contribution in [0.2, 0.25) is 0 Å². The fourth-order valence-electron chi connectivity index (χ4n) is 3.38. The van der Waals surface area contributed by atoms with Gasteiger partial charge in [-0.15, -0.1) is 0 Å². The van der Waals surface area contributed by atoms with Crippen LogP contribution in [0, 0.1) is 0 Å². The fourth-order valence-corrected chi connectivity index (χ4v) is 3.38. The Morgan fingerprint density at radius 3 is 2.79 bits per heavy atom. The molecule has 3 heterocycles. The molecule has 2 fully saturated rings. The summed E-state index contributed by atoms with van der Waals surface area (Å²) in [4.78, 5) is 18.5. The van der Waals surface area contributed by atoms with Crippen LogP contribution in [-0.4, -0.2) is 35.4 Å². The van der Waals surface area contributed by atoms with E-state index in [-0.39, 0.29) is 5.41 Å². The Hall–Kier alpha value is -1.88. The lowest BCUT2D eigenvalue weighted by Gasteiger charge is -2.20. The van der Waals surface area contributed by atoms with E-state index >= 15 is 0 Å². The van der Waals surface area contributed by atoms with E-state index in [0.29, 0.717) is 11.1 Å². The molecule has 2 aliphatic heterocycles. The minimum Gasteiger partial charge on any atom is -0.439 e. The monoisotopic (exact) mass is 257 g/mol. The largest absolute Gasteiger partial charge is 0.439 e. The van der Waals surface area contributed by atoms with Gasteiger partial charge in [-0.1, -0.05) is 6.07 Å². The van der Waals surface area contributed by atoms with E-state index in [1.807, 2.05) is 6.07 Å². The summed E-state index contributed by atoms with van der Waals surface area (Å²) in [5.41, 5.74) is 7.11. The number of hydrogen-bond donors (Lipinski definition) is 1. The van der Waals surface area contributed by atoms with Crippen LogP contribution in [0.1, 0.15) is 29.1 Å². The highest BCUT2D eigenvalue weighted by Gasteiger charge is 2.48. The van der Waals surface area contributed by atoms with Crippen molar-refractivity contribution in [2.45, 2.75) is 18.3 Å². The number of hydrogen-bond acceptors (Lipinski definition) is 4. The Bertz CT molecular complexity index is 668. The SMILES string of the molecule is NC(=O)c1cccc2nc(C34CCN(CC3)C4)oc12. The lowest BCUT2D eigenvalue weighted by atomic mass is 9.84. The number of piperidine rings is 1. The quantitative estimate of drug-likeness (QED) is 0.879. The zero-order valence-corrected chi connectivity index (χ0v) is 10.6. The predicted octanol–water partition coefficient (Wildman–Crippen LogP) is 1.27. The number of nitrogens with zero attached hydrogens (tertiary/aromatic N) is 2. The van der Waals surface area contributed by atoms with Gasteiger partial charge in [0.15, 0.2) is 5.58 Å². The van der Waals surface area contributed by atoms with Gasteiger partial charge >= 0.3 is 0 Å². The molecule has 2 bridgehead atoms. The molecule has 0 radical (unpaired) electrons. The van der Waals surface area contributed by atoms with Crippen LogP contribution in [0.3, 0.4) is 0 Å². The highest BCUT2D eigenvalue weighted by Crippen LogP contribution is 2.43. The lowest BCUT2D eigenvalue weighted by molar-refractivity contribution is 0.100. The maximum absolute atomic E-state index is 11.4. The lowest BCUT2D eigenvalue weighted by Crippen LogP contribution is -2.24. The number of fused-ring (bicyclic) bond motifs is 3. The smallest absolute Gasteiger partial charge is 0.252 e. The molecule has 4 rings (SSSR count). The van der Waals surface area contributed by atoms with Gasteiger partial charge in [0.05, 0.1) is 11.0 Å². The number of primary amides is 1. The standard InChI is InChI=1S/C14H15N3O2/c15-12(18)9-2-1-3-10-11(9)19-13(16-10)14-4-6-17(8-14)7-5-14/h1-3H,4-8H2,(H2,15,18). The molecule has 0 saturated carbocycles. The Morgan fingerprint density at radius 2 is 2.16 bits per heavy atom. The number of amides is 1. The van der Waals surface area contributed by atoms with E-state index in [1.165, 1.54) is 0 Å². The summed E-state index contributed by atoms with van der Waals surface area (Å²) < 4.78 is 5.93. The maximum atomic E-state index is 11.4. The number of rotatable bonds is 2. The van der Waals surface area contributed by atoms with Gasteiger partial charge in [-0.3, -0.25) is 4.79 Å². The van der Waals surface area contributed by atoms with E-state index in [4.69, 9.17) is 10.2 Å². The van der Waals surface area contributed by atoms with Gasteiger partial charge in [0, 0.05) is 6.54 Å². The van der Waals surface area contributed by atoms with Crippen molar-refractivity contribution in [3.05, 3.63) is 29.7 Å². The average molecular weight is 257 g/mol. The zero-order valence-electron chi connectivity index (χ0n) is 10.6. The molecule has 98 valence electrons. The fraction of sp³-hybridized carbons (Fsp3) is 0.429. The van der Waals surface area contributed by atoms with Gasteiger partial charge < -0.3 is 15.1 Å². The van der Waals surface area contributed by atoms with Crippen molar-refractivity contribution in [1.29, 1.82) is 0 Å². The summed E-state index contributed by atoms with van der Waals surface area (Å²) in [6.45, 7) is 3.24. The number of carbonyl (C=O) groups excluding carboxylic acids is 1. The average Bonchev–Trinajstić information content (AvgIpc) is 3.11. The number of para-hydroxylation sites is 1. The van der Waals surface area contributed by atoms with Gasteiger partial charge in [0.2, 0.25) is 5.89 Å². The molecule has 2 N–H and O–H groups in total. The minimum atomic E-state index is -0.467. The van der Waals surface area contributed by atoms with E-state index in [9.17, 15) is 4.79 Å². The van der Waals surface area contributed by atoms with Crippen molar-refractivity contribution in [3.8, 4) is 0 Å². The summed E-state index contributed by atoms with van der Waals surface area (Å²) in [6.07, 6.45) is 2.18. The van der Waals surface area contributed by atoms with Crippen molar-refractivity contribution < 1.29 is 9.21 Å². The molecule has 0 spiro atoms. The second kappa shape index (κ2) is 3.57. The molecule has 19 heavy (non-hydrogen) atoms. The van der Waals surface area contributed by atoms with Crippen LogP contribution >= 0.6 is 0 Å². The first-order chi connectivity index (χ1) is 9.18. The molecule has 0 aliphatic carbocycles. The van der Waals surface area contributed by atoms with Crippen molar-refractivity contribution >= 4 is 17.0 Å². The third-order valence-corrected chi connectivity index (χ3v) is 4.47. The van der Waals surface area contributed by atoms with E-state index in [0.717, 1.165) is 43.9 Å². The van der Waals surface area contributed by atoms with Crippen molar-refractivity contribution in [3.63, 3.8) is 0 Å². The number of carbonyl (C=O) groups is 1. The summed E-state index contributed by atoms with van der Waals surface area (Å²) in [6, 6.07) is 5.35. The Kier molecular flexibility index (Phi) is 2.07. The molecule has 0 atom stereocenters. The molecule has 0 unspecified atom stereocenters. The van der Waals surface area contributed by atoms with Gasteiger partial charge in [0.1, 0.15) is 5.52 Å². The minimum absolute atomic E-state index is 0.0495. The Balaban J connectivity index is 1.89. The van der Waals surface area contributed by atoms with Crippen LogP contribution in [-0.2, 0) is 5.41 Å². The van der Waals surface area contributed by atoms with Crippen molar-refractivity contribution in [2.24, 2.45) is 5.73 Å². The third-order valence-electron chi connectivity index (χ3n) is 4.47. The highest BCUT2D eigenvalue weighted by molar-refractivity contribution is 6.03. The molecule has 5 heteroatoms. The molecule has 2 aromatic rings. The maximum Gasteiger partial charge on any atom is 0.252 e. The summed E-state index contributed by atoms with van der Waals surface area (Å²) >= 11 is 0. The van der Waals surface area contributed by atoms with Gasteiger partial charge in [-0.05, 0) is 38.1 Å². The summed E-state index contributed by atoms with van der Waals surface area (Å²) in [5, 5.41) is 0. The molecule has 2 aliphatic rings. The van der Waals surface area contributed by atoms with Crippen LogP contribution in [0.4, 0.5) is 0 Å². The van der Waals surface area contributed by atoms with E-state index in [2.05, 4.69) is 9.88 Å². The Morgan fingerprint density at radius 1 is 1.37 bits per heavy atom. The first kappa shape index (κ1) is 11.0. The van der Waals surface area contributed by atoms with Crippen LogP contribution in [0.15, 0.2) is 22.6 Å². The van der Waals surface area contributed by atoms with Crippen molar-refractivity contribution in [2.75, 3.05) is 19.6 Å².